The van der Waals surface area contributed by atoms with Gasteiger partial charge < -0.3 is 27.9 Å². The summed E-state index contributed by atoms with van der Waals surface area (Å²) in [6.45, 7) is 4.23. The smallest absolute Gasteiger partial charge is 0.306 e. The van der Waals surface area contributed by atoms with Crippen molar-refractivity contribution in [3.63, 3.8) is 0 Å². The molecular weight excluding hydrogens is 750 g/mol. The molecule has 10 heteroatoms. The number of hydrogen-bond acceptors (Lipinski definition) is 8. The number of carbonyl (C=O) groups excluding carboxylic acids is 2. The number of quaternary nitrogens is 1. The lowest BCUT2D eigenvalue weighted by molar-refractivity contribution is -0.870. The van der Waals surface area contributed by atoms with E-state index in [1.807, 2.05) is 27.2 Å². The molecule has 0 saturated carbocycles. The molecule has 0 heterocycles. The van der Waals surface area contributed by atoms with Crippen LogP contribution in [-0.4, -0.2) is 70.0 Å². The molecule has 0 aliphatic heterocycles. The minimum absolute atomic E-state index is 0.0330. The van der Waals surface area contributed by atoms with Gasteiger partial charge in [-0.2, -0.15) is 0 Å². The maximum Gasteiger partial charge on any atom is 0.306 e. The van der Waals surface area contributed by atoms with Crippen LogP contribution in [0.2, 0.25) is 0 Å². The van der Waals surface area contributed by atoms with E-state index in [0.717, 1.165) is 32.1 Å². The molecule has 1 unspecified atom stereocenters. The van der Waals surface area contributed by atoms with Crippen molar-refractivity contribution in [1.82, 2.24) is 0 Å². The Balaban J connectivity index is 4.27. The van der Waals surface area contributed by atoms with Gasteiger partial charge in [-0.15, -0.1) is 0 Å². The summed E-state index contributed by atoms with van der Waals surface area (Å²) >= 11 is 0. The molecule has 0 amide bonds. The highest BCUT2D eigenvalue weighted by atomic mass is 31.2. The maximum absolute atomic E-state index is 12.7. The molecule has 9 nitrogen and oxygen atoms in total. The molecular formula is C48H94NO8P. The second-order valence-electron chi connectivity index (χ2n) is 17.8. The molecule has 0 aliphatic carbocycles. The summed E-state index contributed by atoms with van der Waals surface area (Å²) in [6, 6.07) is 0. The SMILES string of the molecule is CCCCCCCCCCCCC/C=C/CCC(=O)O[C@H](COC(=O)CCCCCCCCCCCCCCCCCCCCC)COP(=O)([O-])OCC[N+](C)(C)C. The quantitative estimate of drug-likeness (QED) is 0.0196. The number of esters is 2. The van der Waals surface area contributed by atoms with Crippen LogP contribution in [0.3, 0.4) is 0 Å². The average Bonchev–Trinajstić information content (AvgIpc) is 3.17. The standard InChI is InChI=1S/C48H94NO8P/c1-6-8-10-12-14-16-18-20-22-23-24-25-27-28-30-32-34-36-38-40-47(50)54-44-46(45-56-58(52,53)55-43-42-49(3,4)5)57-48(51)41-39-37-35-33-31-29-26-21-19-17-15-13-11-9-7-2/h35,37,46H,6-34,36,38-45H2,1-5H3/b37-35+/t46-/m1/s1. The lowest BCUT2D eigenvalue weighted by atomic mass is 10.0. The summed E-state index contributed by atoms with van der Waals surface area (Å²) in [6.07, 6.45) is 44.0. The van der Waals surface area contributed by atoms with Crippen LogP contribution in [0, 0.1) is 0 Å². The van der Waals surface area contributed by atoms with Crippen LogP contribution in [0.4, 0.5) is 0 Å². The zero-order chi connectivity index (χ0) is 42.8. The number of rotatable bonds is 45. The van der Waals surface area contributed by atoms with Gasteiger partial charge in [-0.1, -0.05) is 206 Å². The predicted molar refractivity (Wildman–Crippen MR) is 241 cm³/mol. The largest absolute Gasteiger partial charge is 0.756 e. The highest BCUT2D eigenvalue weighted by Crippen LogP contribution is 2.38. The summed E-state index contributed by atoms with van der Waals surface area (Å²) in [7, 11) is 1.16. The molecule has 0 N–H and O–H groups in total. The number of phosphoric ester groups is 1. The summed E-state index contributed by atoms with van der Waals surface area (Å²) in [4.78, 5) is 37.6. The van der Waals surface area contributed by atoms with Crippen molar-refractivity contribution in [2.24, 2.45) is 0 Å². The molecule has 2 atom stereocenters. The normalized spacial score (nSPS) is 13.6. The van der Waals surface area contributed by atoms with Gasteiger partial charge in [0.2, 0.25) is 0 Å². The molecule has 0 spiro atoms. The van der Waals surface area contributed by atoms with E-state index >= 15 is 0 Å². The van der Waals surface area contributed by atoms with E-state index in [1.54, 1.807) is 0 Å². The minimum atomic E-state index is -4.63. The van der Waals surface area contributed by atoms with E-state index in [2.05, 4.69) is 19.9 Å². The average molecular weight is 844 g/mol. The zero-order valence-electron chi connectivity index (χ0n) is 38.8. The Bertz CT molecular complexity index is 1000. The number of carbonyl (C=O) groups is 2. The molecule has 0 aromatic rings. The Kier molecular flexibility index (Phi) is 40.2. The Morgan fingerprint density at radius 2 is 0.914 bits per heavy atom. The first-order chi connectivity index (χ1) is 28.0. The van der Waals surface area contributed by atoms with E-state index in [-0.39, 0.29) is 32.0 Å². The van der Waals surface area contributed by atoms with Crippen molar-refractivity contribution < 1.29 is 42.1 Å². The van der Waals surface area contributed by atoms with Crippen LogP contribution in [0.5, 0.6) is 0 Å². The summed E-state index contributed by atoms with van der Waals surface area (Å²) in [5.74, 6) is -0.877. The highest BCUT2D eigenvalue weighted by Gasteiger charge is 2.21. The molecule has 0 aromatic heterocycles. The first-order valence-electron chi connectivity index (χ1n) is 24.4. The minimum Gasteiger partial charge on any atom is -0.756 e. The highest BCUT2D eigenvalue weighted by molar-refractivity contribution is 7.45. The molecule has 344 valence electrons. The van der Waals surface area contributed by atoms with Gasteiger partial charge in [0.1, 0.15) is 19.8 Å². The third-order valence-electron chi connectivity index (χ3n) is 10.8. The van der Waals surface area contributed by atoms with E-state index in [4.69, 9.17) is 18.5 Å². The van der Waals surface area contributed by atoms with Gasteiger partial charge in [0.05, 0.1) is 27.7 Å². The molecule has 0 rings (SSSR count). The molecule has 0 saturated heterocycles. The van der Waals surface area contributed by atoms with Gasteiger partial charge >= 0.3 is 11.9 Å². The first kappa shape index (κ1) is 56.8. The lowest BCUT2D eigenvalue weighted by Gasteiger charge is -2.28. The van der Waals surface area contributed by atoms with Crippen LogP contribution in [0.15, 0.2) is 12.2 Å². The number of unbranched alkanes of at least 4 members (excludes halogenated alkanes) is 29. The number of allylic oxidation sites excluding steroid dienone is 2. The van der Waals surface area contributed by atoms with Gasteiger partial charge in [-0.05, 0) is 25.7 Å². The Morgan fingerprint density at radius 1 is 0.517 bits per heavy atom. The predicted octanol–water partition coefficient (Wildman–Crippen LogP) is 13.5. The topological polar surface area (TPSA) is 111 Å². The number of nitrogens with zero attached hydrogens (tertiary/aromatic N) is 1. The summed E-state index contributed by atoms with van der Waals surface area (Å²) < 4.78 is 33.9. The van der Waals surface area contributed by atoms with Crippen molar-refractivity contribution in [2.45, 2.75) is 238 Å². The van der Waals surface area contributed by atoms with Gasteiger partial charge in [0, 0.05) is 12.8 Å². The first-order valence-corrected chi connectivity index (χ1v) is 25.9. The molecule has 0 aromatic carbocycles. The zero-order valence-corrected chi connectivity index (χ0v) is 39.7. The number of phosphoric acid groups is 1. The molecule has 58 heavy (non-hydrogen) atoms. The summed E-state index contributed by atoms with van der Waals surface area (Å²) in [5.41, 5.74) is 0. The van der Waals surface area contributed by atoms with Crippen molar-refractivity contribution in [3.8, 4) is 0 Å². The maximum atomic E-state index is 12.7. The van der Waals surface area contributed by atoms with Crippen LogP contribution in [-0.2, 0) is 32.7 Å². The Morgan fingerprint density at radius 3 is 1.34 bits per heavy atom. The van der Waals surface area contributed by atoms with Crippen LogP contribution in [0.25, 0.3) is 0 Å². The summed E-state index contributed by atoms with van der Waals surface area (Å²) in [5, 5.41) is 0. The van der Waals surface area contributed by atoms with Crippen molar-refractivity contribution in [1.29, 1.82) is 0 Å². The van der Waals surface area contributed by atoms with E-state index in [0.29, 0.717) is 17.4 Å². The second kappa shape index (κ2) is 41.1. The number of likely N-dealkylation sites (N-methyl/N-ethyl adjacent to an activating group) is 1. The van der Waals surface area contributed by atoms with E-state index in [9.17, 15) is 19.0 Å². The molecule has 0 fully saturated rings. The lowest BCUT2D eigenvalue weighted by Crippen LogP contribution is -2.37. The number of ether oxygens (including phenoxy) is 2. The Hall–Kier alpha value is -1.25. The van der Waals surface area contributed by atoms with E-state index < -0.39 is 26.5 Å². The third kappa shape index (κ3) is 44.3. The fraction of sp³-hybridized carbons (Fsp3) is 0.917. The fourth-order valence-corrected chi connectivity index (χ4v) is 7.70. The number of hydrogen-bond donors (Lipinski definition) is 0. The second-order valence-corrected chi connectivity index (χ2v) is 19.2. The van der Waals surface area contributed by atoms with Crippen molar-refractivity contribution >= 4 is 19.8 Å². The Labute approximate surface area is 358 Å². The molecule has 0 bridgehead atoms. The van der Waals surface area contributed by atoms with Crippen molar-refractivity contribution in [3.05, 3.63) is 12.2 Å². The van der Waals surface area contributed by atoms with Crippen LogP contribution >= 0.6 is 7.82 Å². The third-order valence-corrected chi connectivity index (χ3v) is 11.8. The van der Waals surface area contributed by atoms with Gasteiger partial charge in [0.25, 0.3) is 7.82 Å². The fourth-order valence-electron chi connectivity index (χ4n) is 6.97. The van der Waals surface area contributed by atoms with E-state index in [1.165, 1.54) is 167 Å². The van der Waals surface area contributed by atoms with Crippen LogP contribution in [0.1, 0.15) is 232 Å². The molecule has 0 aliphatic rings. The molecule has 0 radical (unpaired) electrons. The van der Waals surface area contributed by atoms with Gasteiger partial charge in [-0.25, -0.2) is 0 Å². The monoisotopic (exact) mass is 844 g/mol. The van der Waals surface area contributed by atoms with Crippen LogP contribution < -0.4 is 4.89 Å². The van der Waals surface area contributed by atoms with Gasteiger partial charge in [-0.3, -0.25) is 14.2 Å². The van der Waals surface area contributed by atoms with Crippen molar-refractivity contribution in [2.75, 3.05) is 47.5 Å². The van der Waals surface area contributed by atoms with Gasteiger partial charge in [0.15, 0.2) is 6.10 Å².